The summed E-state index contributed by atoms with van der Waals surface area (Å²) in [5.74, 6) is -0.147. The van der Waals surface area contributed by atoms with E-state index >= 15 is 0 Å². The van der Waals surface area contributed by atoms with E-state index in [1.807, 2.05) is 28.4 Å². The molecule has 1 amide bonds. The molecule has 0 aliphatic heterocycles. The Labute approximate surface area is 119 Å². The summed E-state index contributed by atoms with van der Waals surface area (Å²) in [5.41, 5.74) is 1.65. The van der Waals surface area contributed by atoms with E-state index in [1.54, 1.807) is 23.6 Å². The first-order chi connectivity index (χ1) is 9.84. The van der Waals surface area contributed by atoms with Gasteiger partial charge in [-0.05, 0) is 34.5 Å². The predicted octanol–water partition coefficient (Wildman–Crippen LogP) is 2.56. The molecular weight excluding hydrogens is 274 g/mol. The fourth-order valence-corrected chi connectivity index (χ4v) is 2.69. The molecule has 0 aliphatic carbocycles. The van der Waals surface area contributed by atoms with Crippen LogP contribution in [0.5, 0.6) is 0 Å². The highest BCUT2D eigenvalue weighted by Gasteiger charge is 2.16. The Kier molecular flexibility index (Phi) is 3.64. The minimum atomic E-state index is -0.147. The van der Waals surface area contributed by atoms with E-state index in [4.69, 9.17) is 4.42 Å². The van der Waals surface area contributed by atoms with E-state index in [0.29, 0.717) is 12.1 Å². The average Bonchev–Trinajstić information content (AvgIpc) is 3.22. The van der Waals surface area contributed by atoms with Gasteiger partial charge in [-0.15, -0.1) is 0 Å². The Hall–Kier alpha value is -2.34. The zero-order valence-corrected chi connectivity index (χ0v) is 11.4. The maximum atomic E-state index is 12.0. The first kappa shape index (κ1) is 12.7. The summed E-state index contributed by atoms with van der Waals surface area (Å²) in [6.45, 7) is 0.475. The third-order valence-corrected chi connectivity index (χ3v) is 3.71. The molecule has 0 aromatic carbocycles. The Balaban J connectivity index is 1.73. The van der Waals surface area contributed by atoms with E-state index in [9.17, 15) is 4.79 Å². The van der Waals surface area contributed by atoms with Crippen LogP contribution in [-0.2, 0) is 0 Å². The number of rotatable bonds is 5. The van der Waals surface area contributed by atoms with Gasteiger partial charge in [0.05, 0.1) is 17.9 Å². The zero-order chi connectivity index (χ0) is 13.8. The van der Waals surface area contributed by atoms with Gasteiger partial charge < -0.3 is 9.73 Å². The van der Waals surface area contributed by atoms with E-state index in [2.05, 4.69) is 15.8 Å². The van der Waals surface area contributed by atoms with Crippen LogP contribution < -0.4 is 5.32 Å². The summed E-state index contributed by atoms with van der Waals surface area (Å²) < 4.78 is 6.76. The van der Waals surface area contributed by atoms with Gasteiger partial charge in [0.2, 0.25) is 0 Å². The quantitative estimate of drug-likeness (QED) is 0.784. The molecule has 1 N–H and O–H groups in total. The van der Waals surface area contributed by atoms with Crippen molar-refractivity contribution in [2.75, 3.05) is 6.54 Å². The zero-order valence-electron chi connectivity index (χ0n) is 10.6. The first-order valence-corrected chi connectivity index (χ1v) is 7.10. The van der Waals surface area contributed by atoms with E-state index in [1.165, 1.54) is 12.5 Å². The molecule has 0 bridgehead atoms. The molecule has 20 heavy (non-hydrogen) atoms. The van der Waals surface area contributed by atoms with Gasteiger partial charge in [0.25, 0.3) is 5.91 Å². The summed E-state index contributed by atoms with van der Waals surface area (Å²) in [6.07, 6.45) is 6.55. The third kappa shape index (κ3) is 2.65. The molecule has 3 aromatic rings. The molecule has 0 fully saturated rings. The molecule has 6 heteroatoms. The number of hydrogen-bond donors (Lipinski definition) is 1. The van der Waals surface area contributed by atoms with E-state index < -0.39 is 0 Å². The Morgan fingerprint density at radius 1 is 1.50 bits per heavy atom. The van der Waals surface area contributed by atoms with Crippen molar-refractivity contribution >= 4 is 17.2 Å². The number of aromatic nitrogens is 2. The molecule has 0 spiro atoms. The first-order valence-electron chi connectivity index (χ1n) is 6.16. The molecule has 1 atom stereocenters. The Morgan fingerprint density at radius 2 is 2.45 bits per heavy atom. The van der Waals surface area contributed by atoms with Crippen LogP contribution in [0.15, 0.2) is 58.3 Å². The van der Waals surface area contributed by atoms with Crippen LogP contribution in [0.3, 0.4) is 0 Å². The number of hydrogen-bond acceptors (Lipinski definition) is 4. The lowest BCUT2D eigenvalue weighted by molar-refractivity contribution is 0.0948. The highest BCUT2D eigenvalue weighted by atomic mass is 32.1. The molecule has 3 rings (SSSR count). The largest absolute Gasteiger partial charge is 0.472 e. The third-order valence-electron chi connectivity index (χ3n) is 3.01. The van der Waals surface area contributed by atoms with Crippen molar-refractivity contribution in [3.63, 3.8) is 0 Å². The highest BCUT2D eigenvalue weighted by Crippen LogP contribution is 2.19. The second kappa shape index (κ2) is 5.75. The number of thiophene rings is 1. The fraction of sp³-hybridized carbons (Fsp3) is 0.143. The van der Waals surface area contributed by atoms with Crippen LogP contribution in [0, 0.1) is 0 Å². The van der Waals surface area contributed by atoms with Crippen molar-refractivity contribution in [1.82, 2.24) is 15.1 Å². The van der Waals surface area contributed by atoms with Crippen LogP contribution >= 0.6 is 11.3 Å². The normalized spacial score (nSPS) is 12.2. The molecule has 0 saturated heterocycles. The summed E-state index contributed by atoms with van der Waals surface area (Å²) in [7, 11) is 0. The molecule has 0 aliphatic rings. The molecule has 3 heterocycles. The minimum Gasteiger partial charge on any atom is -0.472 e. The molecule has 0 saturated carbocycles. The maximum absolute atomic E-state index is 12.0. The molecule has 5 nitrogen and oxygen atoms in total. The van der Waals surface area contributed by atoms with Crippen molar-refractivity contribution < 1.29 is 9.21 Å². The van der Waals surface area contributed by atoms with Gasteiger partial charge in [-0.2, -0.15) is 16.4 Å². The van der Waals surface area contributed by atoms with Crippen LogP contribution in [0.1, 0.15) is 22.0 Å². The van der Waals surface area contributed by atoms with Crippen molar-refractivity contribution in [3.05, 3.63) is 65.0 Å². The van der Waals surface area contributed by atoms with E-state index in [-0.39, 0.29) is 11.9 Å². The number of nitrogens with one attached hydrogen (secondary N) is 1. The molecule has 0 unspecified atom stereocenters. The molecule has 3 aromatic heterocycles. The predicted molar refractivity (Wildman–Crippen MR) is 75.7 cm³/mol. The monoisotopic (exact) mass is 287 g/mol. The Bertz CT molecular complexity index is 610. The van der Waals surface area contributed by atoms with Crippen molar-refractivity contribution in [2.24, 2.45) is 0 Å². The Morgan fingerprint density at radius 3 is 3.10 bits per heavy atom. The minimum absolute atomic E-state index is 0.00731. The molecule has 0 radical (unpaired) electrons. The lowest BCUT2D eigenvalue weighted by Crippen LogP contribution is -2.31. The number of carbonyl (C=O) groups is 1. The maximum Gasteiger partial charge on any atom is 0.254 e. The van der Waals surface area contributed by atoms with Gasteiger partial charge in [0, 0.05) is 18.9 Å². The van der Waals surface area contributed by atoms with Crippen molar-refractivity contribution in [1.29, 1.82) is 0 Å². The number of furan rings is 1. The van der Waals surface area contributed by atoms with Crippen LogP contribution in [0.4, 0.5) is 0 Å². The summed E-state index contributed by atoms with van der Waals surface area (Å²) >= 11 is 1.63. The molecule has 102 valence electrons. The smallest absolute Gasteiger partial charge is 0.254 e. The summed E-state index contributed by atoms with van der Waals surface area (Å²) in [4.78, 5) is 12.0. The standard InChI is InChI=1S/C14H13N3O2S/c18-14(11-2-6-19-9-11)15-8-13(12-3-7-20-10-12)17-5-1-4-16-17/h1-7,9-10,13H,8H2,(H,15,18)/t13-/m1/s1. The van der Waals surface area contributed by atoms with Crippen molar-refractivity contribution in [3.8, 4) is 0 Å². The lowest BCUT2D eigenvalue weighted by atomic mass is 10.1. The fourth-order valence-electron chi connectivity index (χ4n) is 1.98. The highest BCUT2D eigenvalue weighted by molar-refractivity contribution is 7.07. The van der Waals surface area contributed by atoms with Gasteiger partial charge in [-0.25, -0.2) is 0 Å². The topological polar surface area (TPSA) is 60.1 Å². The van der Waals surface area contributed by atoms with Gasteiger partial charge in [-0.3, -0.25) is 9.48 Å². The molecular formula is C14H13N3O2S. The lowest BCUT2D eigenvalue weighted by Gasteiger charge is -2.17. The van der Waals surface area contributed by atoms with E-state index in [0.717, 1.165) is 5.56 Å². The number of amides is 1. The van der Waals surface area contributed by atoms with Gasteiger partial charge in [-0.1, -0.05) is 0 Å². The van der Waals surface area contributed by atoms with Gasteiger partial charge in [0.15, 0.2) is 0 Å². The number of carbonyl (C=O) groups excluding carboxylic acids is 1. The van der Waals surface area contributed by atoms with Crippen LogP contribution in [0.25, 0.3) is 0 Å². The van der Waals surface area contributed by atoms with Crippen LogP contribution in [0.2, 0.25) is 0 Å². The average molecular weight is 287 g/mol. The number of nitrogens with zero attached hydrogens (tertiary/aromatic N) is 2. The SMILES string of the molecule is O=C(NC[C@H](c1ccsc1)n1cccn1)c1ccoc1. The second-order valence-corrected chi connectivity index (χ2v) is 5.06. The van der Waals surface area contributed by atoms with Gasteiger partial charge in [0.1, 0.15) is 6.26 Å². The second-order valence-electron chi connectivity index (χ2n) is 4.28. The van der Waals surface area contributed by atoms with Gasteiger partial charge >= 0.3 is 0 Å². The van der Waals surface area contributed by atoms with Crippen molar-refractivity contribution in [2.45, 2.75) is 6.04 Å². The summed E-state index contributed by atoms with van der Waals surface area (Å²) in [5, 5.41) is 11.3. The summed E-state index contributed by atoms with van der Waals surface area (Å²) in [6, 6.07) is 5.55. The van der Waals surface area contributed by atoms with Crippen LogP contribution in [-0.4, -0.2) is 22.2 Å².